The molecule has 18 heavy (non-hydrogen) atoms. The van der Waals surface area contributed by atoms with Gasteiger partial charge in [0.05, 0.1) is 12.7 Å². The van der Waals surface area contributed by atoms with E-state index in [9.17, 15) is 0 Å². The molecule has 96 valence electrons. The number of nitrogens with zero attached hydrogens (tertiary/aromatic N) is 1. The molecule has 1 fully saturated rings. The van der Waals surface area contributed by atoms with Gasteiger partial charge in [-0.1, -0.05) is 12.1 Å². The third kappa shape index (κ3) is 3.75. The van der Waals surface area contributed by atoms with E-state index in [4.69, 9.17) is 10.00 Å². The summed E-state index contributed by atoms with van der Waals surface area (Å²) in [4.78, 5) is 0. The normalized spacial score (nSPS) is 16.2. The van der Waals surface area contributed by atoms with Crippen molar-refractivity contribution in [3.05, 3.63) is 29.8 Å². The predicted molar refractivity (Wildman–Crippen MR) is 71.6 cm³/mol. The molecule has 0 saturated carbocycles. The fourth-order valence-corrected chi connectivity index (χ4v) is 2.33. The second-order valence-electron chi connectivity index (χ2n) is 4.70. The van der Waals surface area contributed by atoms with E-state index in [2.05, 4.69) is 23.5 Å². The van der Waals surface area contributed by atoms with Crippen LogP contribution in [0.25, 0.3) is 0 Å². The Bertz CT molecular complexity index is 388. The van der Waals surface area contributed by atoms with Gasteiger partial charge in [-0.2, -0.15) is 5.26 Å². The van der Waals surface area contributed by atoms with Crippen LogP contribution in [0.1, 0.15) is 37.2 Å². The van der Waals surface area contributed by atoms with Crippen molar-refractivity contribution in [3.63, 3.8) is 0 Å². The van der Waals surface area contributed by atoms with Crippen LogP contribution in [-0.2, 0) is 0 Å². The molecule has 1 aromatic carbocycles. The molecule has 0 atom stereocenters. The second-order valence-corrected chi connectivity index (χ2v) is 4.70. The molecular weight excluding hydrogens is 224 g/mol. The zero-order chi connectivity index (χ0) is 12.6. The summed E-state index contributed by atoms with van der Waals surface area (Å²) in [5.41, 5.74) is 1.42. The number of hydrogen-bond donors (Lipinski definition) is 1. The predicted octanol–water partition coefficient (Wildman–Crippen LogP) is 2.84. The summed E-state index contributed by atoms with van der Waals surface area (Å²) in [6.45, 7) is 2.87. The maximum absolute atomic E-state index is 8.43. The van der Waals surface area contributed by atoms with Gasteiger partial charge in [0.25, 0.3) is 0 Å². The quantitative estimate of drug-likeness (QED) is 0.810. The molecule has 0 amide bonds. The molecule has 2 rings (SSSR count). The zero-order valence-electron chi connectivity index (χ0n) is 10.7. The highest BCUT2D eigenvalue weighted by Gasteiger charge is 2.14. The van der Waals surface area contributed by atoms with Gasteiger partial charge in [-0.15, -0.1) is 0 Å². The van der Waals surface area contributed by atoms with Crippen LogP contribution in [0.2, 0.25) is 0 Å². The van der Waals surface area contributed by atoms with Gasteiger partial charge in [0.2, 0.25) is 0 Å². The Kier molecular flexibility index (Phi) is 5.04. The Balaban J connectivity index is 1.83. The highest BCUT2D eigenvalue weighted by molar-refractivity contribution is 5.29. The smallest absolute Gasteiger partial charge is 0.119 e. The first-order chi connectivity index (χ1) is 8.90. The first kappa shape index (κ1) is 12.9. The number of ether oxygens (including phenoxy) is 1. The van der Waals surface area contributed by atoms with E-state index in [0.29, 0.717) is 18.9 Å². The van der Waals surface area contributed by atoms with Crippen LogP contribution >= 0.6 is 0 Å². The highest BCUT2D eigenvalue weighted by Crippen LogP contribution is 2.26. The first-order valence-corrected chi connectivity index (χ1v) is 6.70. The van der Waals surface area contributed by atoms with Crippen LogP contribution in [0.3, 0.4) is 0 Å². The summed E-state index contributed by atoms with van der Waals surface area (Å²) in [7, 11) is 0. The van der Waals surface area contributed by atoms with Crippen LogP contribution in [0.5, 0.6) is 5.75 Å². The summed E-state index contributed by atoms with van der Waals surface area (Å²) >= 11 is 0. The number of hydrogen-bond acceptors (Lipinski definition) is 3. The molecule has 1 aromatic rings. The zero-order valence-corrected chi connectivity index (χ0v) is 10.7. The minimum Gasteiger partial charge on any atom is -0.494 e. The summed E-state index contributed by atoms with van der Waals surface area (Å²) in [6, 6.07) is 10.6. The van der Waals surface area contributed by atoms with Gasteiger partial charge in [-0.3, -0.25) is 0 Å². The van der Waals surface area contributed by atoms with Crippen molar-refractivity contribution in [1.82, 2.24) is 5.32 Å². The van der Waals surface area contributed by atoms with Crippen LogP contribution in [0.4, 0.5) is 0 Å². The van der Waals surface area contributed by atoms with Crippen molar-refractivity contribution in [1.29, 1.82) is 5.26 Å². The Morgan fingerprint density at radius 2 is 1.94 bits per heavy atom. The van der Waals surface area contributed by atoms with E-state index in [-0.39, 0.29) is 0 Å². The SMILES string of the molecule is N#CCCCOc1ccc(C2CCNCC2)cc1. The van der Waals surface area contributed by atoms with Crippen molar-refractivity contribution < 1.29 is 4.74 Å². The van der Waals surface area contributed by atoms with Crippen molar-refractivity contribution in [2.45, 2.75) is 31.6 Å². The second kappa shape index (κ2) is 7.03. The largest absolute Gasteiger partial charge is 0.494 e. The third-order valence-corrected chi connectivity index (χ3v) is 3.39. The third-order valence-electron chi connectivity index (χ3n) is 3.39. The average molecular weight is 244 g/mol. The molecule has 1 heterocycles. The van der Waals surface area contributed by atoms with E-state index in [0.717, 1.165) is 25.3 Å². The molecule has 3 nitrogen and oxygen atoms in total. The number of benzene rings is 1. The molecule has 3 heteroatoms. The van der Waals surface area contributed by atoms with Gasteiger partial charge in [-0.25, -0.2) is 0 Å². The van der Waals surface area contributed by atoms with Gasteiger partial charge in [0.1, 0.15) is 5.75 Å². The molecule has 0 spiro atoms. The summed E-state index contributed by atoms with van der Waals surface area (Å²) < 4.78 is 5.59. The summed E-state index contributed by atoms with van der Waals surface area (Å²) in [6.07, 6.45) is 3.81. The molecular formula is C15H20N2O. The lowest BCUT2D eigenvalue weighted by atomic mass is 9.90. The van der Waals surface area contributed by atoms with Crippen LogP contribution in [0, 0.1) is 11.3 Å². The Hall–Kier alpha value is -1.53. The van der Waals surface area contributed by atoms with Crippen molar-refractivity contribution in [2.75, 3.05) is 19.7 Å². The lowest BCUT2D eigenvalue weighted by Gasteiger charge is -2.23. The molecule has 0 unspecified atom stereocenters. The molecule has 1 N–H and O–H groups in total. The standard InChI is InChI=1S/C15H20N2O/c16-9-1-2-12-18-15-5-3-13(4-6-15)14-7-10-17-11-8-14/h3-6,14,17H,1-2,7-8,10-12H2. The maximum atomic E-state index is 8.43. The van der Waals surface area contributed by atoms with Crippen molar-refractivity contribution >= 4 is 0 Å². The van der Waals surface area contributed by atoms with Gasteiger partial charge < -0.3 is 10.1 Å². The molecule has 0 bridgehead atoms. The van der Waals surface area contributed by atoms with E-state index in [1.165, 1.54) is 18.4 Å². The first-order valence-electron chi connectivity index (χ1n) is 6.70. The number of nitrogens with one attached hydrogen (secondary N) is 1. The van der Waals surface area contributed by atoms with Crippen LogP contribution in [-0.4, -0.2) is 19.7 Å². The summed E-state index contributed by atoms with van der Waals surface area (Å²) in [5, 5.41) is 11.8. The van der Waals surface area contributed by atoms with Crippen molar-refractivity contribution in [3.8, 4) is 11.8 Å². The Morgan fingerprint density at radius 3 is 2.61 bits per heavy atom. The number of rotatable bonds is 5. The minimum absolute atomic E-state index is 0.563. The number of unbranched alkanes of at least 4 members (excludes halogenated alkanes) is 1. The Morgan fingerprint density at radius 1 is 1.22 bits per heavy atom. The maximum Gasteiger partial charge on any atom is 0.119 e. The molecule has 0 radical (unpaired) electrons. The lowest BCUT2D eigenvalue weighted by Crippen LogP contribution is -2.26. The number of piperidine rings is 1. The van der Waals surface area contributed by atoms with Gasteiger partial charge in [-0.05, 0) is 56.0 Å². The van der Waals surface area contributed by atoms with E-state index in [1.54, 1.807) is 0 Å². The summed E-state index contributed by atoms with van der Waals surface area (Å²) in [5.74, 6) is 1.60. The van der Waals surface area contributed by atoms with Gasteiger partial charge in [0, 0.05) is 6.42 Å². The minimum atomic E-state index is 0.563. The Labute approximate surface area is 109 Å². The molecule has 0 aromatic heterocycles. The fourth-order valence-electron chi connectivity index (χ4n) is 2.33. The molecule has 1 aliphatic rings. The topological polar surface area (TPSA) is 45.0 Å². The molecule has 0 aliphatic carbocycles. The molecule has 1 aliphatic heterocycles. The van der Waals surface area contributed by atoms with Gasteiger partial charge >= 0.3 is 0 Å². The van der Waals surface area contributed by atoms with Gasteiger partial charge in [0.15, 0.2) is 0 Å². The monoisotopic (exact) mass is 244 g/mol. The lowest BCUT2D eigenvalue weighted by molar-refractivity contribution is 0.312. The van der Waals surface area contributed by atoms with Crippen LogP contribution < -0.4 is 10.1 Å². The number of nitriles is 1. The van der Waals surface area contributed by atoms with Crippen molar-refractivity contribution in [2.24, 2.45) is 0 Å². The highest BCUT2D eigenvalue weighted by atomic mass is 16.5. The van der Waals surface area contributed by atoms with E-state index in [1.807, 2.05) is 12.1 Å². The fraction of sp³-hybridized carbons (Fsp3) is 0.533. The molecule has 1 saturated heterocycles. The average Bonchev–Trinajstić information content (AvgIpc) is 2.45. The van der Waals surface area contributed by atoms with E-state index >= 15 is 0 Å². The van der Waals surface area contributed by atoms with E-state index < -0.39 is 0 Å². The van der Waals surface area contributed by atoms with Crippen LogP contribution in [0.15, 0.2) is 24.3 Å².